The number of hydrogen-bond acceptors (Lipinski definition) is 4. The van der Waals surface area contributed by atoms with Crippen LogP contribution >= 0.6 is 11.3 Å². The van der Waals surface area contributed by atoms with Crippen LogP contribution in [0.4, 0.5) is 0 Å². The zero-order chi connectivity index (χ0) is 17.0. The van der Waals surface area contributed by atoms with Crippen LogP contribution in [0.5, 0.6) is 0 Å². The average molecular weight is 332 g/mol. The smallest absolute Gasteiger partial charge is 0.326 e. The molecule has 23 heavy (non-hydrogen) atoms. The molecule has 0 saturated carbocycles. The van der Waals surface area contributed by atoms with Crippen LogP contribution in [0.15, 0.2) is 35.7 Å². The molecule has 1 aromatic heterocycles. The fraction of sp³-hybridized carbons (Fsp3) is 0.353. The lowest BCUT2D eigenvalue weighted by atomic mass is 9.98. The Kier molecular flexibility index (Phi) is 5.15. The van der Waals surface area contributed by atoms with E-state index in [2.05, 4.69) is 10.3 Å². The minimum Gasteiger partial charge on any atom is -0.480 e. The number of hydrogen-bond donors (Lipinski definition) is 2. The van der Waals surface area contributed by atoms with Crippen molar-refractivity contribution >= 4 is 23.2 Å². The number of thiazole rings is 1. The summed E-state index contributed by atoms with van der Waals surface area (Å²) in [6.07, 6.45) is 0.234. The molecular formula is C17H20N2O3S. The van der Waals surface area contributed by atoms with E-state index in [4.69, 9.17) is 0 Å². The number of aliphatic carboxylic acids is 1. The fourth-order valence-electron chi connectivity index (χ4n) is 2.00. The maximum absolute atomic E-state index is 12.3. The average Bonchev–Trinajstić information content (AvgIpc) is 2.97. The molecule has 5 nitrogen and oxygen atoms in total. The van der Waals surface area contributed by atoms with Gasteiger partial charge in [0.25, 0.3) is 5.91 Å². The molecule has 1 amide bonds. The maximum atomic E-state index is 12.3. The fourth-order valence-corrected chi connectivity index (χ4v) is 2.89. The van der Waals surface area contributed by atoms with Crippen molar-refractivity contribution in [2.45, 2.75) is 38.6 Å². The van der Waals surface area contributed by atoms with E-state index < -0.39 is 17.9 Å². The number of carboxylic acids is 1. The first-order valence-electron chi connectivity index (χ1n) is 7.31. The van der Waals surface area contributed by atoms with Gasteiger partial charge in [-0.2, -0.15) is 0 Å². The lowest BCUT2D eigenvalue weighted by Gasteiger charge is -2.15. The first-order valence-corrected chi connectivity index (χ1v) is 8.19. The highest BCUT2D eigenvalue weighted by atomic mass is 32.1. The Morgan fingerprint density at radius 1 is 1.26 bits per heavy atom. The van der Waals surface area contributed by atoms with Gasteiger partial charge in [0.1, 0.15) is 11.7 Å². The molecule has 0 aliphatic rings. The first-order chi connectivity index (χ1) is 10.8. The van der Waals surface area contributed by atoms with Crippen molar-refractivity contribution in [3.8, 4) is 0 Å². The molecule has 1 heterocycles. The third-order valence-electron chi connectivity index (χ3n) is 3.26. The van der Waals surface area contributed by atoms with Gasteiger partial charge in [0.15, 0.2) is 0 Å². The standard InChI is InChI=1S/C17H20N2O3S/c1-17(2,3)16-19-13(10-23-16)14(20)18-12(15(21)22)9-11-7-5-4-6-8-11/h4-8,10,12H,9H2,1-3H3,(H,18,20)(H,21,22)/t12-/m0/s1. The summed E-state index contributed by atoms with van der Waals surface area (Å²) < 4.78 is 0. The Bertz CT molecular complexity index is 689. The molecule has 6 heteroatoms. The Hall–Kier alpha value is -2.21. The van der Waals surface area contributed by atoms with Gasteiger partial charge in [0, 0.05) is 17.2 Å². The number of nitrogens with one attached hydrogen (secondary N) is 1. The molecule has 0 aliphatic heterocycles. The molecule has 0 saturated heterocycles. The Morgan fingerprint density at radius 2 is 1.91 bits per heavy atom. The van der Waals surface area contributed by atoms with Crippen LogP contribution in [0.1, 0.15) is 41.8 Å². The molecule has 0 unspecified atom stereocenters. The van der Waals surface area contributed by atoms with Crippen LogP contribution in [0, 0.1) is 0 Å². The van der Waals surface area contributed by atoms with Crippen molar-refractivity contribution in [3.05, 3.63) is 52.0 Å². The van der Waals surface area contributed by atoms with Crippen molar-refractivity contribution in [1.82, 2.24) is 10.3 Å². The lowest BCUT2D eigenvalue weighted by molar-refractivity contribution is -0.139. The second-order valence-electron chi connectivity index (χ2n) is 6.34. The lowest BCUT2D eigenvalue weighted by Crippen LogP contribution is -2.42. The van der Waals surface area contributed by atoms with Gasteiger partial charge in [-0.05, 0) is 5.56 Å². The number of aromatic nitrogens is 1. The maximum Gasteiger partial charge on any atom is 0.326 e. The van der Waals surface area contributed by atoms with Crippen LogP contribution in [-0.2, 0) is 16.6 Å². The zero-order valence-electron chi connectivity index (χ0n) is 13.4. The summed E-state index contributed by atoms with van der Waals surface area (Å²) in [5, 5.41) is 14.4. The Balaban J connectivity index is 2.09. The molecule has 1 atom stereocenters. The van der Waals surface area contributed by atoms with Crippen molar-refractivity contribution in [2.75, 3.05) is 0 Å². The SMILES string of the molecule is CC(C)(C)c1nc(C(=O)N[C@@H](Cc2ccccc2)C(=O)O)cs1. The topological polar surface area (TPSA) is 79.3 Å². The summed E-state index contributed by atoms with van der Waals surface area (Å²) in [4.78, 5) is 28.0. The van der Waals surface area contributed by atoms with Crippen molar-refractivity contribution in [3.63, 3.8) is 0 Å². The normalized spacial score (nSPS) is 12.7. The highest BCUT2D eigenvalue weighted by molar-refractivity contribution is 7.10. The molecular weight excluding hydrogens is 312 g/mol. The molecule has 0 radical (unpaired) electrons. The summed E-state index contributed by atoms with van der Waals surface area (Å²) in [7, 11) is 0. The first kappa shape index (κ1) is 17.1. The highest BCUT2D eigenvalue weighted by Crippen LogP contribution is 2.25. The van der Waals surface area contributed by atoms with E-state index in [9.17, 15) is 14.7 Å². The number of benzene rings is 1. The summed E-state index contributed by atoms with van der Waals surface area (Å²) >= 11 is 1.40. The minimum atomic E-state index is -1.06. The number of nitrogens with zero attached hydrogens (tertiary/aromatic N) is 1. The van der Waals surface area contributed by atoms with E-state index in [1.54, 1.807) is 5.38 Å². The Morgan fingerprint density at radius 3 is 2.43 bits per heavy atom. The van der Waals surface area contributed by atoms with Gasteiger partial charge >= 0.3 is 5.97 Å². The van der Waals surface area contributed by atoms with Gasteiger partial charge in [0.2, 0.25) is 0 Å². The van der Waals surface area contributed by atoms with E-state index in [1.807, 2.05) is 51.1 Å². The van der Waals surface area contributed by atoms with Gasteiger partial charge < -0.3 is 10.4 Å². The Labute approximate surface area is 139 Å². The predicted octanol–water partition coefficient (Wildman–Crippen LogP) is 2.87. The van der Waals surface area contributed by atoms with Gasteiger partial charge in [-0.15, -0.1) is 11.3 Å². The molecule has 2 rings (SSSR count). The summed E-state index contributed by atoms with van der Waals surface area (Å²) in [5.74, 6) is -1.52. The number of carboxylic acid groups (broad SMARTS) is 1. The molecule has 0 fully saturated rings. The predicted molar refractivity (Wildman–Crippen MR) is 89.9 cm³/mol. The van der Waals surface area contributed by atoms with Gasteiger partial charge in [-0.25, -0.2) is 9.78 Å². The molecule has 0 spiro atoms. The van der Waals surface area contributed by atoms with Crippen LogP contribution in [0.2, 0.25) is 0 Å². The zero-order valence-corrected chi connectivity index (χ0v) is 14.2. The molecule has 2 aromatic rings. The number of carbonyl (C=O) groups is 2. The van der Waals surface area contributed by atoms with E-state index in [0.29, 0.717) is 0 Å². The van der Waals surface area contributed by atoms with Crippen LogP contribution in [0.25, 0.3) is 0 Å². The summed E-state index contributed by atoms with van der Waals surface area (Å²) in [6.45, 7) is 6.05. The second-order valence-corrected chi connectivity index (χ2v) is 7.20. The van der Waals surface area contributed by atoms with Gasteiger partial charge in [-0.3, -0.25) is 4.79 Å². The van der Waals surface area contributed by atoms with Crippen molar-refractivity contribution < 1.29 is 14.7 Å². The molecule has 2 N–H and O–H groups in total. The van der Waals surface area contributed by atoms with Crippen LogP contribution < -0.4 is 5.32 Å². The van der Waals surface area contributed by atoms with E-state index in [0.717, 1.165) is 10.6 Å². The molecule has 0 bridgehead atoms. The van der Waals surface area contributed by atoms with E-state index in [-0.39, 0.29) is 17.5 Å². The number of carbonyl (C=O) groups excluding carboxylic acids is 1. The van der Waals surface area contributed by atoms with Crippen molar-refractivity contribution in [2.24, 2.45) is 0 Å². The van der Waals surface area contributed by atoms with E-state index in [1.165, 1.54) is 11.3 Å². The highest BCUT2D eigenvalue weighted by Gasteiger charge is 2.24. The van der Waals surface area contributed by atoms with Crippen molar-refractivity contribution in [1.29, 1.82) is 0 Å². The summed E-state index contributed by atoms with van der Waals surface area (Å²) in [6, 6.07) is 8.23. The van der Waals surface area contributed by atoms with Gasteiger partial charge in [-0.1, -0.05) is 51.1 Å². The number of rotatable bonds is 5. The molecule has 122 valence electrons. The largest absolute Gasteiger partial charge is 0.480 e. The minimum absolute atomic E-state index is 0.139. The monoisotopic (exact) mass is 332 g/mol. The third kappa shape index (κ3) is 4.63. The van der Waals surface area contributed by atoms with Crippen LogP contribution in [-0.4, -0.2) is 28.0 Å². The van der Waals surface area contributed by atoms with Gasteiger partial charge in [0.05, 0.1) is 5.01 Å². The summed E-state index contributed by atoms with van der Waals surface area (Å²) in [5.41, 5.74) is 0.979. The molecule has 1 aromatic carbocycles. The second kappa shape index (κ2) is 6.91. The quantitative estimate of drug-likeness (QED) is 0.882. The van der Waals surface area contributed by atoms with E-state index >= 15 is 0 Å². The molecule has 0 aliphatic carbocycles. The third-order valence-corrected chi connectivity index (χ3v) is 4.53. The number of amides is 1. The van der Waals surface area contributed by atoms with Crippen LogP contribution in [0.3, 0.4) is 0 Å².